The normalized spacial score (nSPS) is 17.6. The molecule has 1 unspecified atom stereocenters. The summed E-state index contributed by atoms with van der Waals surface area (Å²) in [4.78, 5) is 25.7. The molecule has 126 valence electrons. The lowest BCUT2D eigenvalue weighted by atomic mass is 10.2. The number of hydrogen-bond donors (Lipinski definition) is 0. The smallest absolute Gasteiger partial charge is 0.337 e. The van der Waals surface area contributed by atoms with E-state index in [1.54, 1.807) is 30.2 Å². The topological polar surface area (TPSA) is 65.1 Å². The van der Waals surface area contributed by atoms with Gasteiger partial charge >= 0.3 is 5.97 Å². The molecule has 1 aliphatic heterocycles. The lowest BCUT2D eigenvalue weighted by Gasteiger charge is -2.17. The minimum absolute atomic E-state index is 0.0567. The molecule has 0 spiro atoms. The quantitative estimate of drug-likeness (QED) is 0.541. The van der Waals surface area contributed by atoms with Crippen molar-refractivity contribution in [2.45, 2.75) is 25.4 Å². The molecule has 0 radical (unpaired) electrons. The number of carbonyl (C=O) groups excluding carboxylic acids is 2. The van der Waals surface area contributed by atoms with E-state index in [1.165, 1.54) is 7.11 Å². The molecular weight excluding hydrogens is 298 g/mol. The second kappa shape index (κ2) is 8.64. The van der Waals surface area contributed by atoms with E-state index in [0.717, 1.165) is 12.8 Å². The summed E-state index contributed by atoms with van der Waals surface area (Å²) in [5.41, 5.74) is 1.13. The van der Waals surface area contributed by atoms with Crippen LogP contribution in [-0.4, -0.2) is 52.0 Å². The standard InChI is InChI=1S/C17H23NO5/c1-21-10-3-4-11-23-15-8-9-18(16(15)19)14-7-5-6-13(12-14)17(20)22-2/h5-7,12,15H,3-4,8-11H2,1-2H3. The summed E-state index contributed by atoms with van der Waals surface area (Å²) in [5.74, 6) is -0.469. The van der Waals surface area contributed by atoms with Crippen LogP contribution in [-0.2, 0) is 19.0 Å². The maximum Gasteiger partial charge on any atom is 0.337 e. The molecule has 1 heterocycles. The molecule has 0 aliphatic carbocycles. The molecule has 1 amide bonds. The second-order valence-corrected chi connectivity index (χ2v) is 5.38. The molecular formula is C17H23NO5. The van der Waals surface area contributed by atoms with Gasteiger partial charge in [0.15, 0.2) is 0 Å². The Kier molecular flexibility index (Phi) is 6.55. The van der Waals surface area contributed by atoms with Gasteiger partial charge in [0.05, 0.1) is 12.7 Å². The number of anilines is 1. The summed E-state index contributed by atoms with van der Waals surface area (Å²) in [6.07, 6.45) is 2.04. The molecule has 23 heavy (non-hydrogen) atoms. The molecule has 1 saturated heterocycles. The first-order chi connectivity index (χ1) is 11.2. The highest BCUT2D eigenvalue weighted by molar-refractivity contribution is 6.00. The van der Waals surface area contributed by atoms with Gasteiger partial charge in [0.25, 0.3) is 5.91 Å². The fourth-order valence-corrected chi connectivity index (χ4v) is 2.56. The van der Waals surface area contributed by atoms with Crippen molar-refractivity contribution in [1.29, 1.82) is 0 Å². The Hall–Kier alpha value is -1.92. The highest BCUT2D eigenvalue weighted by Gasteiger charge is 2.33. The summed E-state index contributed by atoms with van der Waals surface area (Å²) in [6.45, 7) is 1.84. The van der Waals surface area contributed by atoms with Crippen LogP contribution in [0.2, 0.25) is 0 Å². The molecule has 0 saturated carbocycles. The third-order valence-electron chi connectivity index (χ3n) is 3.80. The van der Waals surface area contributed by atoms with Gasteiger partial charge in [-0.1, -0.05) is 6.07 Å². The van der Waals surface area contributed by atoms with Crippen molar-refractivity contribution in [3.63, 3.8) is 0 Å². The summed E-state index contributed by atoms with van der Waals surface area (Å²) in [5, 5.41) is 0. The van der Waals surface area contributed by atoms with Crippen molar-refractivity contribution in [1.82, 2.24) is 0 Å². The second-order valence-electron chi connectivity index (χ2n) is 5.38. The monoisotopic (exact) mass is 321 g/mol. The molecule has 1 aromatic carbocycles. The number of ether oxygens (including phenoxy) is 3. The van der Waals surface area contributed by atoms with E-state index in [0.29, 0.717) is 37.4 Å². The maximum atomic E-state index is 12.4. The summed E-state index contributed by atoms with van der Waals surface area (Å²) < 4.78 is 15.4. The van der Waals surface area contributed by atoms with Crippen LogP contribution in [0.15, 0.2) is 24.3 Å². The number of rotatable bonds is 8. The first kappa shape index (κ1) is 17.4. The Bertz CT molecular complexity index is 546. The number of esters is 1. The van der Waals surface area contributed by atoms with Crippen LogP contribution in [0.25, 0.3) is 0 Å². The third kappa shape index (κ3) is 4.53. The Labute approximate surface area is 136 Å². The van der Waals surface area contributed by atoms with Gasteiger partial charge in [-0.3, -0.25) is 4.79 Å². The van der Waals surface area contributed by atoms with Crippen molar-refractivity contribution >= 4 is 17.6 Å². The van der Waals surface area contributed by atoms with Crippen LogP contribution < -0.4 is 4.90 Å². The Morgan fingerprint density at radius 2 is 2.04 bits per heavy atom. The van der Waals surface area contributed by atoms with Gasteiger partial charge in [0, 0.05) is 39.0 Å². The van der Waals surface area contributed by atoms with E-state index >= 15 is 0 Å². The Morgan fingerprint density at radius 3 is 2.78 bits per heavy atom. The third-order valence-corrected chi connectivity index (χ3v) is 3.80. The van der Waals surface area contributed by atoms with Crippen LogP contribution in [0, 0.1) is 0 Å². The van der Waals surface area contributed by atoms with E-state index in [-0.39, 0.29) is 5.91 Å². The summed E-state index contributed by atoms with van der Waals surface area (Å²) in [6, 6.07) is 6.89. The minimum atomic E-state index is -0.413. The molecule has 0 N–H and O–H groups in total. The van der Waals surface area contributed by atoms with Crippen molar-refractivity contribution in [3.05, 3.63) is 29.8 Å². The van der Waals surface area contributed by atoms with Gasteiger partial charge in [-0.25, -0.2) is 4.79 Å². The number of unbranched alkanes of at least 4 members (excludes halogenated alkanes) is 1. The fourth-order valence-electron chi connectivity index (χ4n) is 2.56. The average Bonchev–Trinajstić information content (AvgIpc) is 2.95. The van der Waals surface area contributed by atoms with Gasteiger partial charge in [0.1, 0.15) is 6.10 Å². The lowest BCUT2D eigenvalue weighted by Crippen LogP contribution is -2.31. The van der Waals surface area contributed by atoms with Gasteiger partial charge in [-0.05, 0) is 31.0 Å². The molecule has 6 heteroatoms. The zero-order chi connectivity index (χ0) is 16.7. The van der Waals surface area contributed by atoms with Crippen LogP contribution in [0.4, 0.5) is 5.69 Å². The molecule has 1 aliphatic rings. The number of hydrogen-bond acceptors (Lipinski definition) is 5. The SMILES string of the molecule is COCCCCOC1CCN(c2cccc(C(=O)OC)c2)C1=O. The molecule has 1 aromatic rings. The largest absolute Gasteiger partial charge is 0.465 e. The highest BCUT2D eigenvalue weighted by atomic mass is 16.5. The van der Waals surface area contributed by atoms with Crippen molar-refractivity contribution in [2.24, 2.45) is 0 Å². The number of benzene rings is 1. The molecule has 6 nitrogen and oxygen atoms in total. The van der Waals surface area contributed by atoms with E-state index < -0.39 is 12.1 Å². The van der Waals surface area contributed by atoms with Crippen LogP contribution in [0.1, 0.15) is 29.6 Å². The molecule has 0 bridgehead atoms. The van der Waals surface area contributed by atoms with Gasteiger partial charge in [-0.15, -0.1) is 0 Å². The molecule has 1 atom stereocenters. The summed E-state index contributed by atoms with van der Waals surface area (Å²) >= 11 is 0. The van der Waals surface area contributed by atoms with Gasteiger partial charge in [-0.2, -0.15) is 0 Å². The van der Waals surface area contributed by atoms with Gasteiger partial charge < -0.3 is 19.1 Å². The fraction of sp³-hybridized carbons (Fsp3) is 0.529. The first-order valence-corrected chi connectivity index (χ1v) is 7.77. The first-order valence-electron chi connectivity index (χ1n) is 7.77. The van der Waals surface area contributed by atoms with Crippen LogP contribution in [0.3, 0.4) is 0 Å². The van der Waals surface area contributed by atoms with Crippen LogP contribution in [0.5, 0.6) is 0 Å². The minimum Gasteiger partial charge on any atom is -0.465 e. The van der Waals surface area contributed by atoms with E-state index in [9.17, 15) is 9.59 Å². The van der Waals surface area contributed by atoms with E-state index in [1.807, 2.05) is 6.07 Å². The molecule has 2 rings (SSSR count). The van der Waals surface area contributed by atoms with Crippen molar-refractivity contribution in [3.8, 4) is 0 Å². The number of amides is 1. The van der Waals surface area contributed by atoms with E-state index in [2.05, 4.69) is 0 Å². The molecule has 1 fully saturated rings. The highest BCUT2D eigenvalue weighted by Crippen LogP contribution is 2.24. The zero-order valence-electron chi connectivity index (χ0n) is 13.6. The van der Waals surface area contributed by atoms with Crippen molar-refractivity contribution < 1.29 is 23.8 Å². The maximum absolute atomic E-state index is 12.4. The average molecular weight is 321 g/mol. The van der Waals surface area contributed by atoms with E-state index in [4.69, 9.17) is 14.2 Å². The van der Waals surface area contributed by atoms with Crippen LogP contribution >= 0.6 is 0 Å². The Balaban J connectivity index is 1.92. The van der Waals surface area contributed by atoms with Crippen molar-refractivity contribution in [2.75, 3.05) is 38.9 Å². The number of carbonyl (C=O) groups is 2. The predicted molar refractivity (Wildman–Crippen MR) is 85.6 cm³/mol. The Morgan fingerprint density at radius 1 is 1.26 bits per heavy atom. The summed E-state index contributed by atoms with van der Waals surface area (Å²) in [7, 11) is 3.01. The lowest BCUT2D eigenvalue weighted by molar-refractivity contribution is -0.127. The number of nitrogens with zero attached hydrogens (tertiary/aromatic N) is 1. The molecule has 0 aromatic heterocycles. The van der Waals surface area contributed by atoms with Gasteiger partial charge in [0.2, 0.25) is 0 Å². The zero-order valence-corrected chi connectivity index (χ0v) is 13.6. The number of methoxy groups -OCH3 is 2. The predicted octanol–water partition coefficient (Wildman–Crippen LogP) is 2.02.